The largest absolute Gasteiger partial charge is 0.478 e. The van der Waals surface area contributed by atoms with Crippen molar-refractivity contribution in [2.75, 3.05) is 0 Å². The van der Waals surface area contributed by atoms with Crippen LogP contribution in [0.3, 0.4) is 0 Å². The standard InChI is InChI=1S/C21H23NO2/c1-21(2,3)22-18(15-14-16-10-6-4-7-11-16)19(20(22)23)24-17-12-8-5-9-13-17/h4-15,18-19H,1-3H3/b15-14+. The molecular formula is C21H23NO2. The first kappa shape index (κ1) is 16.3. The van der Waals surface area contributed by atoms with E-state index in [1.165, 1.54) is 0 Å². The highest BCUT2D eigenvalue weighted by molar-refractivity contribution is 5.90. The van der Waals surface area contributed by atoms with Crippen molar-refractivity contribution in [1.82, 2.24) is 4.90 Å². The van der Waals surface area contributed by atoms with Crippen molar-refractivity contribution >= 4 is 12.0 Å². The maximum absolute atomic E-state index is 12.6. The van der Waals surface area contributed by atoms with E-state index in [1.54, 1.807) is 0 Å². The van der Waals surface area contributed by atoms with Crippen molar-refractivity contribution in [2.45, 2.75) is 38.5 Å². The smallest absolute Gasteiger partial charge is 0.267 e. The predicted octanol–water partition coefficient (Wildman–Crippen LogP) is 4.16. The van der Waals surface area contributed by atoms with Crippen molar-refractivity contribution in [3.05, 3.63) is 72.3 Å². The quantitative estimate of drug-likeness (QED) is 0.792. The van der Waals surface area contributed by atoms with Crippen molar-refractivity contribution in [2.24, 2.45) is 0 Å². The van der Waals surface area contributed by atoms with Crippen molar-refractivity contribution < 1.29 is 9.53 Å². The Morgan fingerprint density at radius 1 is 0.958 bits per heavy atom. The van der Waals surface area contributed by atoms with Crippen LogP contribution in [0.15, 0.2) is 66.7 Å². The lowest BCUT2D eigenvalue weighted by molar-refractivity contribution is -0.168. The van der Waals surface area contributed by atoms with Crippen LogP contribution in [-0.2, 0) is 4.79 Å². The van der Waals surface area contributed by atoms with Gasteiger partial charge in [0.1, 0.15) is 5.75 Å². The number of likely N-dealkylation sites (tertiary alicyclic amines) is 1. The van der Waals surface area contributed by atoms with Gasteiger partial charge in [0, 0.05) is 5.54 Å². The van der Waals surface area contributed by atoms with E-state index in [0.29, 0.717) is 0 Å². The second-order valence-corrected chi connectivity index (χ2v) is 6.99. The Labute approximate surface area is 143 Å². The number of hydrogen-bond acceptors (Lipinski definition) is 2. The topological polar surface area (TPSA) is 29.5 Å². The van der Waals surface area contributed by atoms with Crippen LogP contribution in [-0.4, -0.2) is 28.5 Å². The first-order chi connectivity index (χ1) is 11.5. The number of β-lactam (4-membered cyclic amide) rings is 1. The van der Waals surface area contributed by atoms with Gasteiger partial charge < -0.3 is 9.64 Å². The second kappa shape index (κ2) is 6.52. The molecule has 1 heterocycles. The van der Waals surface area contributed by atoms with Crippen LogP contribution < -0.4 is 4.74 Å². The predicted molar refractivity (Wildman–Crippen MR) is 96.7 cm³/mol. The van der Waals surface area contributed by atoms with Gasteiger partial charge in [0.15, 0.2) is 0 Å². The molecule has 0 aromatic heterocycles. The third-order valence-corrected chi connectivity index (χ3v) is 4.10. The van der Waals surface area contributed by atoms with E-state index in [1.807, 2.05) is 86.3 Å². The first-order valence-electron chi connectivity index (χ1n) is 8.25. The van der Waals surface area contributed by atoms with Gasteiger partial charge in [0.2, 0.25) is 6.10 Å². The molecule has 0 N–H and O–H groups in total. The Morgan fingerprint density at radius 2 is 1.54 bits per heavy atom. The fourth-order valence-electron chi connectivity index (χ4n) is 2.99. The number of amides is 1. The molecule has 2 aromatic rings. The van der Waals surface area contributed by atoms with Gasteiger partial charge in [-0.05, 0) is 38.5 Å². The van der Waals surface area contributed by atoms with E-state index in [-0.39, 0.29) is 17.5 Å². The zero-order chi connectivity index (χ0) is 17.2. The number of hydrogen-bond donors (Lipinski definition) is 0. The Hall–Kier alpha value is -2.55. The maximum Gasteiger partial charge on any atom is 0.267 e. The number of ether oxygens (including phenoxy) is 1. The molecule has 2 unspecified atom stereocenters. The number of nitrogens with zero attached hydrogens (tertiary/aromatic N) is 1. The molecule has 0 bridgehead atoms. The minimum atomic E-state index is -0.466. The van der Waals surface area contributed by atoms with Gasteiger partial charge in [-0.2, -0.15) is 0 Å². The lowest BCUT2D eigenvalue weighted by Crippen LogP contribution is -2.71. The van der Waals surface area contributed by atoms with E-state index in [4.69, 9.17) is 4.74 Å². The molecule has 124 valence electrons. The van der Waals surface area contributed by atoms with E-state index in [0.717, 1.165) is 11.3 Å². The molecule has 24 heavy (non-hydrogen) atoms. The van der Waals surface area contributed by atoms with Crippen LogP contribution >= 0.6 is 0 Å². The van der Waals surface area contributed by atoms with Crippen molar-refractivity contribution in [3.8, 4) is 5.75 Å². The van der Waals surface area contributed by atoms with Gasteiger partial charge in [0.25, 0.3) is 5.91 Å². The summed E-state index contributed by atoms with van der Waals surface area (Å²) in [5.74, 6) is 0.761. The third-order valence-electron chi connectivity index (χ3n) is 4.10. The molecular weight excluding hydrogens is 298 g/mol. The molecule has 3 rings (SSSR count). The Balaban J connectivity index is 1.82. The molecule has 0 aliphatic carbocycles. The van der Waals surface area contributed by atoms with E-state index in [9.17, 15) is 4.79 Å². The highest BCUT2D eigenvalue weighted by atomic mass is 16.5. The fourth-order valence-corrected chi connectivity index (χ4v) is 2.99. The Bertz CT molecular complexity index is 717. The summed E-state index contributed by atoms with van der Waals surface area (Å²) in [6.07, 6.45) is 3.65. The molecule has 3 heteroatoms. The molecule has 2 atom stereocenters. The molecule has 2 aromatic carbocycles. The minimum Gasteiger partial charge on any atom is -0.478 e. The highest BCUT2D eigenvalue weighted by Crippen LogP contribution is 2.33. The second-order valence-electron chi connectivity index (χ2n) is 6.99. The van der Waals surface area contributed by atoms with Gasteiger partial charge >= 0.3 is 0 Å². The summed E-state index contributed by atoms with van der Waals surface area (Å²) in [5.41, 5.74) is 0.878. The fraction of sp³-hybridized carbons (Fsp3) is 0.286. The van der Waals surface area contributed by atoms with Gasteiger partial charge in [-0.15, -0.1) is 0 Å². The zero-order valence-electron chi connectivity index (χ0n) is 14.3. The van der Waals surface area contributed by atoms with E-state index < -0.39 is 6.10 Å². The van der Waals surface area contributed by atoms with Crippen LogP contribution in [0.5, 0.6) is 5.75 Å². The number of carbonyl (C=O) groups is 1. The van der Waals surface area contributed by atoms with Crippen LogP contribution in [0.1, 0.15) is 26.3 Å². The average Bonchev–Trinajstić information content (AvgIpc) is 2.57. The summed E-state index contributed by atoms with van der Waals surface area (Å²) in [5, 5.41) is 0. The minimum absolute atomic E-state index is 0.0362. The third kappa shape index (κ3) is 3.35. The molecule has 1 aliphatic rings. The lowest BCUT2D eigenvalue weighted by atomic mass is 9.89. The summed E-state index contributed by atoms with van der Waals surface area (Å²) in [4.78, 5) is 14.5. The van der Waals surface area contributed by atoms with Gasteiger partial charge in [-0.3, -0.25) is 4.79 Å². The van der Waals surface area contributed by atoms with Crippen molar-refractivity contribution in [3.63, 3.8) is 0 Å². The molecule has 0 spiro atoms. The molecule has 1 aliphatic heterocycles. The number of rotatable bonds is 4. The number of para-hydroxylation sites is 1. The van der Waals surface area contributed by atoms with Crippen LogP contribution in [0, 0.1) is 0 Å². The molecule has 0 radical (unpaired) electrons. The normalized spacial score (nSPS) is 21.0. The SMILES string of the molecule is CC(C)(C)N1C(=O)C(Oc2ccccc2)C1/C=C/c1ccccc1. The van der Waals surface area contributed by atoms with Crippen LogP contribution in [0.25, 0.3) is 6.08 Å². The zero-order valence-corrected chi connectivity index (χ0v) is 14.3. The Kier molecular flexibility index (Phi) is 4.43. The van der Waals surface area contributed by atoms with Gasteiger partial charge in [-0.1, -0.05) is 60.7 Å². The monoisotopic (exact) mass is 321 g/mol. The van der Waals surface area contributed by atoms with Gasteiger partial charge in [0.05, 0.1) is 6.04 Å². The summed E-state index contributed by atoms with van der Waals surface area (Å²) < 4.78 is 5.95. The van der Waals surface area contributed by atoms with Crippen LogP contribution in [0.2, 0.25) is 0 Å². The van der Waals surface area contributed by atoms with E-state index >= 15 is 0 Å². The Morgan fingerprint density at radius 3 is 2.12 bits per heavy atom. The summed E-state index contributed by atoms with van der Waals surface area (Å²) in [7, 11) is 0. The summed E-state index contributed by atoms with van der Waals surface area (Å²) in [6.45, 7) is 6.15. The molecule has 3 nitrogen and oxygen atoms in total. The van der Waals surface area contributed by atoms with E-state index in [2.05, 4.69) is 12.2 Å². The summed E-state index contributed by atoms with van der Waals surface area (Å²) in [6, 6.07) is 19.5. The molecule has 1 amide bonds. The van der Waals surface area contributed by atoms with Crippen LogP contribution in [0.4, 0.5) is 0 Å². The molecule has 0 saturated carbocycles. The number of carbonyl (C=O) groups excluding carboxylic acids is 1. The summed E-state index contributed by atoms with van der Waals surface area (Å²) >= 11 is 0. The molecule has 1 fully saturated rings. The maximum atomic E-state index is 12.6. The average molecular weight is 321 g/mol. The number of benzene rings is 2. The van der Waals surface area contributed by atoms with Gasteiger partial charge in [-0.25, -0.2) is 0 Å². The van der Waals surface area contributed by atoms with Crippen molar-refractivity contribution in [1.29, 1.82) is 0 Å². The molecule has 1 saturated heterocycles. The lowest BCUT2D eigenvalue weighted by Gasteiger charge is -2.52. The first-order valence-corrected chi connectivity index (χ1v) is 8.25. The highest BCUT2D eigenvalue weighted by Gasteiger charge is 2.52.